The van der Waals surface area contributed by atoms with E-state index in [1.54, 1.807) is 0 Å². The van der Waals surface area contributed by atoms with Crippen molar-refractivity contribution in [3.8, 4) is 0 Å². The molecule has 3 N–H and O–H groups in total. The molecule has 2 unspecified atom stereocenters. The largest absolute Gasteiger partial charge is 0.367 e. The zero-order valence-electron chi connectivity index (χ0n) is 5.76. The molecule has 0 amide bonds. The Balaban J connectivity index is 4.08. The minimum atomic E-state index is -4.20. The second-order valence-corrected chi connectivity index (χ2v) is 3.95. The molecule has 0 aromatic rings. The second-order valence-electron chi connectivity index (χ2n) is 1.96. The molecule has 0 heterocycles. The molecule has 0 aromatic carbocycles. The summed E-state index contributed by atoms with van der Waals surface area (Å²) in [6.45, 7) is 1.22. The quantitative estimate of drug-likeness (QED) is 0.393. The molecule has 0 saturated heterocycles. The van der Waals surface area contributed by atoms with Crippen LogP contribution in [0.25, 0.3) is 0 Å². The van der Waals surface area contributed by atoms with Crippen LogP contribution in [0.2, 0.25) is 0 Å². The zero-order valence-corrected chi connectivity index (χ0v) is 6.65. The van der Waals surface area contributed by atoms with Crippen molar-refractivity contribution in [2.75, 3.05) is 7.11 Å². The molecule has 0 rings (SSSR count). The first-order valence-corrected chi connectivity index (χ1v) is 4.34. The van der Waals surface area contributed by atoms with Crippen LogP contribution in [-0.2, 0) is 9.30 Å². The summed E-state index contributed by atoms with van der Waals surface area (Å²) in [5.41, 5.74) is -1.17. The van der Waals surface area contributed by atoms with E-state index in [1.807, 2.05) is 0 Å². The average molecular weight is 170 g/mol. The van der Waals surface area contributed by atoms with Gasteiger partial charge in [0.1, 0.15) is 5.66 Å². The van der Waals surface area contributed by atoms with Gasteiger partial charge in [-0.1, -0.05) is 0 Å². The van der Waals surface area contributed by atoms with Gasteiger partial charge in [-0.3, -0.25) is 4.57 Å². The van der Waals surface area contributed by atoms with Gasteiger partial charge >= 0.3 is 7.60 Å². The third-order valence-corrected chi connectivity index (χ3v) is 2.50. The number of rotatable bonds is 3. The van der Waals surface area contributed by atoms with Gasteiger partial charge in [0.25, 0.3) is 0 Å². The average Bonchev–Trinajstić information content (AvgIpc) is 1.83. The lowest BCUT2D eigenvalue weighted by molar-refractivity contribution is -0.0754. The topological polar surface area (TPSA) is 87.0 Å². The van der Waals surface area contributed by atoms with Crippen LogP contribution >= 0.6 is 7.60 Å². The molecule has 0 fully saturated rings. The van der Waals surface area contributed by atoms with Crippen molar-refractivity contribution in [1.29, 1.82) is 0 Å². The van der Waals surface area contributed by atoms with Crippen molar-refractivity contribution in [3.63, 3.8) is 0 Å². The first-order chi connectivity index (χ1) is 4.39. The molecule has 0 bridgehead atoms. The molecular formula is C4H11O5P. The predicted molar refractivity (Wildman–Crippen MR) is 34.5 cm³/mol. The number of aliphatic hydroxyl groups excluding tert-OH is 1. The molecule has 5 nitrogen and oxygen atoms in total. The Hall–Kier alpha value is 0.0700. The molecular weight excluding hydrogens is 159 g/mol. The summed E-state index contributed by atoms with van der Waals surface area (Å²) < 4.78 is 14.7. The lowest BCUT2D eigenvalue weighted by atomic mass is 10.5. The number of hydrogen-bond acceptors (Lipinski definition) is 3. The Morgan fingerprint density at radius 1 is 1.50 bits per heavy atom. The molecule has 62 valence electrons. The van der Waals surface area contributed by atoms with Crippen molar-refractivity contribution in [2.24, 2.45) is 0 Å². The predicted octanol–water partition coefficient (Wildman–Crippen LogP) is -0.483. The van der Waals surface area contributed by atoms with Crippen LogP contribution in [0.5, 0.6) is 0 Å². The van der Waals surface area contributed by atoms with Gasteiger partial charge in [0.05, 0.1) is 0 Å². The fourth-order valence-electron chi connectivity index (χ4n) is 0.363. The van der Waals surface area contributed by atoms with Crippen LogP contribution in [-0.4, -0.2) is 34.0 Å². The van der Waals surface area contributed by atoms with Crippen LogP contribution in [0.15, 0.2) is 0 Å². The van der Waals surface area contributed by atoms with Gasteiger partial charge in [0, 0.05) is 7.11 Å². The van der Waals surface area contributed by atoms with Gasteiger partial charge in [-0.15, -0.1) is 0 Å². The van der Waals surface area contributed by atoms with E-state index in [2.05, 4.69) is 4.74 Å². The maximum atomic E-state index is 10.4. The fourth-order valence-corrected chi connectivity index (χ4v) is 0.817. The van der Waals surface area contributed by atoms with Crippen molar-refractivity contribution in [2.45, 2.75) is 18.9 Å². The normalized spacial score (nSPS) is 18.5. The Morgan fingerprint density at radius 2 is 1.90 bits per heavy atom. The number of ether oxygens (including phenoxy) is 1. The Kier molecular flexibility index (Phi) is 3.48. The molecule has 0 radical (unpaired) electrons. The van der Waals surface area contributed by atoms with E-state index < -0.39 is 19.5 Å². The first-order valence-electron chi connectivity index (χ1n) is 2.65. The molecule has 0 saturated carbocycles. The number of aliphatic hydroxyl groups is 1. The van der Waals surface area contributed by atoms with Crippen LogP contribution < -0.4 is 0 Å². The molecule has 2 atom stereocenters. The molecule has 0 aliphatic rings. The summed E-state index contributed by atoms with van der Waals surface area (Å²) in [6, 6.07) is 0. The molecule has 6 heteroatoms. The van der Waals surface area contributed by atoms with Gasteiger partial charge in [-0.2, -0.15) is 0 Å². The lowest BCUT2D eigenvalue weighted by Crippen LogP contribution is -2.24. The minimum Gasteiger partial charge on any atom is -0.367 e. The highest BCUT2D eigenvalue weighted by atomic mass is 31.2. The van der Waals surface area contributed by atoms with E-state index in [0.717, 1.165) is 0 Å². The van der Waals surface area contributed by atoms with Gasteiger partial charge in [-0.05, 0) is 6.92 Å². The fraction of sp³-hybridized carbons (Fsp3) is 1.00. The van der Waals surface area contributed by atoms with E-state index in [1.165, 1.54) is 14.0 Å². The highest BCUT2D eigenvalue weighted by molar-refractivity contribution is 7.52. The molecule has 0 spiro atoms. The van der Waals surface area contributed by atoms with Gasteiger partial charge in [-0.25, -0.2) is 0 Å². The number of methoxy groups -OCH3 is 1. The maximum absolute atomic E-state index is 10.4. The first kappa shape index (κ1) is 10.1. The van der Waals surface area contributed by atoms with E-state index in [-0.39, 0.29) is 0 Å². The highest BCUT2D eigenvalue weighted by Gasteiger charge is 2.30. The van der Waals surface area contributed by atoms with Crippen LogP contribution in [0.1, 0.15) is 6.92 Å². The van der Waals surface area contributed by atoms with Crippen molar-refractivity contribution in [1.82, 2.24) is 0 Å². The van der Waals surface area contributed by atoms with E-state index in [0.29, 0.717) is 0 Å². The summed E-state index contributed by atoms with van der Waals surface area (Å²) in [7, 11) is -3.03. The van der Waals surface area contributed by atoms with E-state index in [9.17, 15) is 4.57 Å². The Labute approximate surface area is 58.8 Å². The summed E-state index contributed by atoms with van der Waals surface area (Å²) in [5.74, 6) is 0. The zero-order chi connectivity index (χ0) is 8.36. The summed E-state index contributed by atoms with van der Waals surface area (Å²) in [6.07, 6.45) is -1.40. The van der Waals surface area contributed by atoms with Gasteiger partial charge < -0.3 is 19.6 Å². The maximum Gasteiger partial charge on any atom is 0.333 e. The van der Waals surface area contributed by atoms with Gasteiger partial charge in [0.15, 0.2) is 6.29 Å². The third kappa shape index (κ3) is 2.77. The highest BCUT2D eigenvalue weighted by Crippen LogP contribution is 2.42. The van der Waals surface area contributed by atoms with E-state index >= 15 is 0 Å². The van der Waals surface area contributed by atoms with E-state index in [4.69, 9.17) is 14.9 Å². The van der Waals surface area contributed by atoms with Crippen molar-refractivity contribution < 1.29 is 24.2 Å². The van der Waals surface area contributed by atoms with Crippen molar-refractivity contribution >= 4 is 7.60 Å². The molecule has 0 aliphatic carbocycles. The summed E-state index contributed by atoms with van der Waals surface area (Å²) in [5, 5.41) is 8.75. The summed E-state index contributed by atoms with van der Waals surface area (Å²) >= 11 is 0. The Morgan fingerprint density at radius 3 is 2.00 bits per heavy atom. The lowest BCUT2D eigenvalue weighted by Gasteiger charge is -2.17. The van der Waals surface area contributed by atoms with Crippen molar-refractivity contribution in [3.05, 3.63) is 0 Å². The molecule has 0 aromatic heterocycles. The second kappa shape index (κ2) is 3.46. The Bertz CT molecular complexity index is 141. The molecule has 10 heavy (non-hydrogen) atoms. The third-order valence-electron chi connectivity index (χ3n) is 1.18. The molecule has 0 aliphatic heterocycles. The van der Waals surface area contributed by atoms with Gasteiger partial charge in [0.2, 0.25) is 0 Å². The summed E-state index contributed by atoms with van der Waals surface area (Å²) in [4.78, 5) is 16.9. The minimum absolute atomic E-state index is 1.17. The standard InChI is InChI=1S/C4H11O5P/c1-3(4(5)9-2)10(6,7)8/h3-5H,1-2H3,(H2,6,7,8). The van der Waals surface area contributed by atoms with Crippen LogP contribution in [0.4, 0.5) is 0 Å². The number of hydrogen-bond donors (Lipinski definition) is 3. The smallest absolute Gasteiger partial charge is 0.333 e. The van der Waals surface area contributed by atoms with Crippen LogP contribution in [0.3, 0.4) is 0 Å². The monoisotopic (exact) mass is 170 g/mol. The van der Waals surface area contributed by atoms with Crippen LogP contribution in [0, 0.1) is 0 Å². The SMILES string of the molecule is COC(O)C(C)P(=O)(O)O.